The van der Waals surface area contributed by atoms with Crippen LogP contribution in [0.3, 0.4) is 0 Å². The van der Waals surface area contributed by atoms with Crippen LogP contribution in [-0.2, 0) is 9.59 Å². The molecule has 0 unspecified atom stereocenters. The minimum absolute atomic E-state index is 0.0866. The van der Waals surface area contributed by atoms with Crippen molar-refractivity contribution in [2.24, 2.45) is 11.5 Å². The summed E-state index contributed by atoms with van der Waals surface area (Å²) in [6, 6.07) is 14.4. The highest BCUT2D eigenvalue weighted by molar-refractivity contribution is 5.85. The summed E-state index contributed by atoms with van der Waals surface area (Å²) in [6.45, 7) is 2.65. The van der Waals surface area contributed by atoms with E-state index in [-0.39, 0.29) is 22.4 Å². The Morgan fingerprint density at radius 2 is 1.18 bits per heavy atom. The summed E-state index contributed by atoms with van der Waals surface area (Å²) in [4.78, 5) is 37.9. The van der Waals surface area contributed by atoms with Crippen LogP contribution in [0.1, 0.15) is 25.7 Å². The Kier molecular flexibility index (Phi) is 9.13. The van der Waals surface area contributed by atoms with Gasteiger partial charge in [0.1, 0.15) is 16.8 Å². The predicted molar refractivity (Wildman–Crippen MR) is 149 cm³/mol. The molecule has 4 rings (SSSR count). The fourth-order valence-corrected chi connectivity index (χ4v) is 5.16. The molecule has 0 radical (unpaired) electrons. The first-order valence-electron chi connectivity index (χ1n) is 12.6. The van der Waals surface area contributed by atoms with Gasteiger partial charge in [-0.25, -0.2) is 0 Å². The number of nitrogens with zero attached hydrogens (tertiary/aromatic N) is 3. The topological polar surface area (TPSA) is 186 Å². The van der Waals surface area contributed by atoms with Crippen LogP contribution in [0.15, 0.2) is 48.5 Å². The maximum atomic E-state index is 11.6. The normalized spacial score (nSPS) is 18.2. The number of para-hydroxylation sites is 4. The van der Waals surface area contributed by atoms with Gasteiger partial charge in [-0.3, -0.25) is 19.7 Å². The highest BCUT2D eigenvalue weighted by atomic mass is 16.6. The number of carbonyl (C=O) groups excluding carboxylic acids is 2. The Morgan fingerprint density at radius 1 is 0.789 bits per heavy atom. The third-order valence-corrected chi connectivity index (χ3v) is 7.83. The Labute approximate surface area is 222 Å². The van der Waals surface area contributed by atoms with E-state index in [1.54, 1.807) is 32.3 Å². The second-order valence-corrected chi connectivity index (χ2v) is 9.67. The van der Waals surface area contributed by atoms with E-state index < -0.39 is 11.1 Å². The van der Waals surface area contributed by atoms with E-state index in [4.69, 9.17) is 17.2 Å². The SMILES string of the molecule is CNC1(C(N)=O)CCN(c2ccccc2N)CC1.CNC1(C(N)=O)CCN(c2ccccc2[N+](=O)[O-])CC1. The average molecular weight is 527 g/mol. The Morgan fingerprint density at radius 3 is 1.58 bits per heavy atom. The van der Waals surface area contributed by atoms with Crippen molar-refractivity contribution in [1.29, 1.82) is 0 Å². The van der Waals surface area contributed by atoms with Crippen molar-refractivity contribution in [1.82, 2.24) is 10.6 Å². The zero-order valence-corrected chi connectivity index (χ0v) is 22.0. The molecule has 2 aromatic carbocycles. The van der Waals surface area contributed by atoms with Gasteiger partial charge in [0, 0.05) is 32.2 Å². The van der Waals surface area contributed by atoms with Crippen molar-refractivity contribution < 1.29 is 14.5 Å². The lowest BCUT2D eigenvalue weighted by atomic mass is 9.86. The van der Waals surface area contributed by atoms with Gasteiger partial charge in [-0.05, 0) is 58.0 Å². The number of amides is 2. The van der Waals surface area contributed by atoms with E-state index in [2.05, 4.69) is 15.5 Å². The lowest BCUT2D eigenvalue weighted by Gasteiger charge is -2.40. The molecule has 206 valence electrons. The van der Waals surface area contributed by atoms with Gasteiger partial charge in [0.25, 0.3) is 5.69 Å². The Balaban J connectivity index is 0.000000212. The van der Waals surface area contributed by atoms with Gasteiger partial charge in [0.15, 0.2) is 0 Å². The van der Waals surface area contributed by atoms with Crippen LogP contribution in [-0.4, -0.2) is 68.1 Å². The monoisotopic (exact) mass is 526 g/mol. The number of nitrogens with two attached hydrogens (primary N) is 3. The van der Waals surface area contributed by atoms with Gasteiger partial charge in [-0.15, -0.1) is 0 Å². The first kappa shape index (κ1) is 28.7. The maximum absolute atomic E-state index is 11.6. The second-order valence-electron chi connectivity index (χ2n) is 9.67. The van der Waals surface area contributed by atoms with Crippen LogP contribution in [0.4, 0.5) is 22.7 Å². The minimum atomic E-state index is -0.708. The number of nitro benzene ring substituents is 1. The highest BCUT2D eigenvalue weighted by Crippen LogP contribution is 2.32. The largest absolute Gasteiger partial charge is 0.397 e. The summed E-state index contributed by atoms with van der Waals surface area (Å²) in [6.07, 6.45) is 2.47. The number of likely N-dealkylation sites (N-methyl/N-ethyl adjacent to an activating group) is 2. The number of hydrogen-bond acceptors (Lipinski definition) is 9. The van der Waals surface area contributed by atoms with Crippen molar-refractivity contribution >= 4 is 34.6 Å². The molecule has 8 N–H and O–H groups in total. The number of anilines is 3. The standard InChI is InChI=1S/C13H18N4O3.C13H20N4O/c1-15-13(12(14)18)6-8-16(9-7-13)10-4-2-3-5-11(10)17(19)20;1-16-13(12(15)18)6-8-17(9-7-13)11-5-3-2-4-10(11)14/h2-5,15H,6-9H2,1H3,(H2,14,18);2-5,16H,6-9,14H2,1H3,(H2,15,18). The molecule has 2 amide bonds. The molecule has 12 heteroatoms. The number of benzene rings is 2. The van der Waals surface area contributed by atoms with Gasteiger partial charge in [0.2, 0.25) is 11.8 Å². The molecule has 0 atom stereocenters. The molecule has 2 aromatic rings. The van der Waals surface area contributed by atoms with Gasteiger partial charge in [-0.2, -0.15) is 0 Å². The van der Waals surface area contributed by atoms with Crippen LogP contribution in [0.5, 0.6) is 0 Å². The van der Waals surface area contributed by atoms with E-state index in [1.807, 2.05) is 29.2 Å². The zero-order valence-electron chi connectivity index (χ0n) is 22.0. The average Bonchev–Trinajstić information content (AvgIpc) is 2.93. The Hall–Kier alpha value is -3.90. The van der Waals surface area contributed by atoms with Gasteiger partial charge in [0.05, 0.1) is 16.3 Å². The van der Waals surface area contributed by atoms with Crippen molar-refractivity contribution in [2.45, 2.75) is 36.8 Å². The number of nitrogens with one attached hydrogen (secondary N) is 2. The number of nitrogen functional groups attached to an aromatic ring is 1. The summed E-state index contributed by atoms with van der Waals surface area (Å²) >= 11 is 0. The van der Waals surface area contributed by atoms with E-state index in [0.717, 1.165) is 24.5 Å². The number of nitro groups is 1. The Bertz CT molecular complexity index is 1140. The number of primary amides is 2. The molecule has 2 aliphatic rings. The maximum Gasteiger partial charge on any atom is 0.292 e. The molecule has 0 saturated carbocycles. The fraction of sp³-hybridized carbons (Fsp3) is 0.462. The molecule has 0 spiro atoms. The molecule has 2 saturated heterocycles. The van der Waals surface area contributed by atoms with Crippen LogP contribution in [0, 0.1) is 10.1 Å². The van der Waals surface area contributed by atoms with Gasteiger partial charge in [-0.1, -0.05) is 24.3 Å². The molecule has 2 aliphatic heterocycles. The molecule has 0 aliphatic carbocycles. The summed E-state index contributed by atoms with van der Waals surface area (Å²) in [5.41, 5.74) is 18.1. The molecule has 2 heterocycles. The fourth-order valence-electron chi connectivity index (χ4n) is 5.16. The van der Waals surface area contributed by atoms with Crippen LogP contribution in [0.2, 0.25) is 0 Å². The molecule has 0 bridgehead atoms. The van der Waals surface area contributed by atoms with Crippen molar-refractivity contribution in [3.05, 3.63) is 58.6 Å². The van der Waals surface area contributed by atoms with Gasteiger partial charge < -0.3 is 37.6 Å². The van der Waals surface area contributed by atoms with Crippen molar-refractivity contribution in [2.75, 3.05) is 55.8 Å². The summed E-state index contributed by atoms with van der Waals surface area (Å²) < 4.78 is 0. The number of carbonyl (C=O) groups is 2. The third kappa shape index (κ3) is 5.97. The highest BCUT2D eigenvalue weighted by Gasteiger charge is 2.40. The predicted octanol–water partition coefficient (Wildman–Crippen LogP) is 0.951. The van der Waals surface area contributed by atoms with E-state index >= 15 is 0 Å². The number of hydrogen-bond donors (Lipinski definition) is 5. The second kappa shape index (κ2) is 12.1. The number of piperidine rings is 2. The molecule has 2 fully saturated rings. The van der Waals surface area contributed by atoms with Crippen LogP contribution in [0.25, 0.3) is 0 Å². The van der Waals surface area contributed by atoms with E-state index in [9.17, 15) is 19.7 Å². The van der Waals surface area contributed by atoms with E-state index in [1.165, 1.54) is 6.07 Å². The molecular formula is C26H38N8O4. The quantitative estimate of drug-likeness (QED) is 0.199. The van der Waals surface area contributed by atoms with Crippen LogP contribution < -0.4 is 37.6 Å². The summed E-state index contributed by atoms with van der Waals surface area (Å²) in [5, 5.41) is 17.1. The van der Waals surface area contributed by atoms with Crippen LogP contribution >= 0.6 is 0 Å². The molecular weight excluding hydrogens is 488 g/mol. The lowest BCUT2D eigenvalue weighted by molar-refractivity contribution is -0.384. The van der Waals surface area contributed by atoms with Crippen molar-refractivity contribution in [3.8, 4) is 0 Å². The summed E-state index contributed by atoms with van der Waals surface area (Å²) in [5.74, 6) is -0.645. The minimum Gasteiger partial charge on any atom is -0.397 e. The third-order valence-electron chi connectivity index (χ3n) is 7.83. The van der Waals surface area contributed by atoms with Crippen molar-refractivity contribution in [3.63, 3.8) is 0 Å². The summed E-state index contributed by atoms with van der Waals surface area (Å²) in [7, 11) is 3.50. The molecule has 38 heavy (non-hydrogen) atoms. The zero-order chi connectivity index (χ0) is 27.9. The van der Waals surface area contributed by atoms with E-state index in [0.29, 0.717) is 44.5 Å². The molecule has 12 nitrogen and oxygen atoms in total. The van der Waals surface area contributed by atoms with Gasteiger partial charge >= 0.3 is 0 Å². The lowest BCUT2D eigenvalue weighted by Crippen LogP contribution is -2.59. The smallest absolute Gasteiger partial charge is 0.292 e. The first-order valence-corrected chi connectivity index (χ1v) is 12.6. The first-order chi connectivity index (χ1) is 18.1. The number of rotatable bonds is 7. The molecule has 0 aromatic heterocycles.